The van der Waals surface area contributed by atoms with Crippen LogP contribution in [0.5, 0.6) is 0 Å². The molecule has 4 N–H and O–H groups in total. The summed E-state index contributed by atoms with van der Waals surface area (Å²) in [7, 11) is 0. The van der Waals surface area contributed by atoms with Gasteiger partial charge in [-0.1, -0.05) is 0 Å². The normalized spacial score (nSPS) is 9.33. The molecule has 0 fully saturated rings. The van der Waals surface area contributed by atoms with Crippen molar-refractivity contribution in [1.29, 1.82) is 0 Å². The van der Waals surface area contributed by atoms with Gasteiger partial charge in [0.2, 0.25) is 0 Å². The van der Waals surface area contributed by atoms with Crippen LogP contribution in [-0.4, -0.2) is 23.6 Å². The van der Waals surface area contributed by atoms with Gasteiger partial charge in [-0.3, -0.25) is 4.98 Å². The summed E-state index contributed by atoms with van der Waals surface area (Å²) in [5, 5.41) is 0. The van der Waals surface area contributed by atoms with Gasteiger partial charge in [-0.15, -0.1) is 4.99 Å². The topological polar surface area (TPSA) is 104 Å². The number of amides is 1. The summed E-state index contributed by atoms with van der Waals surface area (Å²) >= 11 is 0. The van der Waals surface area contributed by atoms with Gasteiger partial charge in [0.15, 0.2) is 5.96 Å². The number of nitrogens with zero attached hydrogens (tertiary/aromatic N) is 2. The van der Waals surface area contributed by atoms with Crippen molar-refractivity contribution in [2.75, 3.05) is 6.61 Å². The Morgan fingerprint density at radius 1 is 1.40 bits per heavy atom. The number of hydrogen-bond acceptors (Lipinski definition) is 3. The molecule has 0 saturated carbocycles. The van der Waals surface area contributed by atoms with E-state index in [2.05, 4.69) is 9.98 Å². The first-order chi connectivity index (χ1) is 7.18. The lowest BCUT2D eigenvalue weighted by Gasteiger charge is -2.01. The van der Waals surface area contributed by atoms with E-state index in [0.717, 1.165) is 5.56 Å². The zero-order valence-corrected chi connectivity index (χ0v) is 8.09. The molecule has 1 rings (SSSR count). The summed E-state index contributed by atoms with van der Waals surface area (Å²) < 4.78 is 4.75. The first-order valence-corrected chi connectivity index (χ1v) is 4.34. The van der Waals surface area contributed by atoms with E-state index in [0.29, 0.717) is 6.42 Å². The van der Waals surface area contributed by atoms with E-state index in [-0.39, 0.29) is 12.6 Å². The van der Waals surface area contributed by atoms with E-state index in [1.165, 1.54) is 0 Å². The maximum absolute atomic E-state index is 10.9. The Balaban J connectivity index is 2.28. The molecule has 0 spiro atoms. The molecule has 0 bridgehead atoms. The zero-order valence-electron chi connectivity index (χ0n) is 8.09. The summed E-state index contributed by atoms with van der Waals surface area (Å²) in [4.78, 5) is 17.9. The molecule has 0 aromatic carbocycles. The monoisotopic (exact) mass is 208 g/mol. The van der Waals surface area contributed by atoms with Gasteiger partial charge in [0.05, 0.1) is 6.61 Å². The Bertz CT molecular complexity index is 346. The highest BCUT2D eigenvalue weighted by Gasteiger charge is 2.00. The molecule has 1 amide bonds. The molecule has 0 aliphatic heterocycles. The predicted molar refractivity (Wildman–Crippen MR) is 55.1 cm³/mol. The second-order valence-electron chi connectivity index (χ2n) is 2.76. The highest BCUT2D eigenvalue weighted by atomic mass is 16.5. The summed E-state index contributed by atoms with van der Waals surface area (Å²) in [5.74, 6) is -0.302. The van der Waals surface area contributed by atoms with Crippen LogP contribution in [0, 0.1) is 0 Å². The van der Waals surface area contributed by atoms with Crippen LogP contribution in [0.1, 0.15) is 5.56 Å². The Morgan fingerprint density at radius 3 is 2.67 bits per heavy atom. The second-order valence-corrected chi connectivity index (χ2v) is 2.76. The summed E-state index contributed by atoms with van der Waals surface area (Å²) in [6.45, 7) is 0.236. The third kappa shape index (κ3) is 4.61. The van der Waals surface area contributed by atoms with Gasteiger partial charge in [0.1, 0.15) is 0 Å². The van der Waals surface area contributed by atoms with Crippen molar-refractivity contribution in [1.82, 2.24) is 4.98 Å². The Hall–Kier alpha value is -2.11. The molecule has 15 heavy (non-hydrogen) atoms. The first kappa shape index (κ1) is 11.0. The number of aromatic nitrogens is 1. The third-order valence-corrected chi connectivity index (χ3v) is 1.59. The number of carbonyl (C=O) groups is 1. The van der Waals surface area contributed by atoms with Crippen molar-refractivity contribution in [2.24, 2.45) is 16.5 Å². The van der Waals surface area contributed by atoms with Crippen molar-refractivity contribution in [2.45, 2.75) is 6.42 Å². The summed E-state index contributed by atoms with van der Waals surface area (Å²) in [5.41, 5.74) is 11.0. The molecule has 1 heterocycles. The van der Waals surface area contributed by atoms with Gasteiger partial charge in [0, 0.05) is 18.8 Å². The lowest BCUT2D eigenvalue weighted by Crippen LogP contribution is -2.24. The van der Waals surface area contributed by atoms with Crippen LogP contribution in [0.25, 0.3) is 0 Å². The van der Waals surface area contributed by atoms with E-state index in [4.69, 9.17) is 16.2 Å². The largest absolute Gasteiger partial charge is 0.447 e. The van der Waals surface area contributed by atoms with Crippen molar-refractivity contribution in [3.05, 3.63) is 30.1 Å². The number of ether oxygens (including phenoxy) is 1. The quantitative estimate of drug-likeness (QED) is 0.539. The Kier molecular flexibility index (Phi) is 4.08. The van der Waals surface area contributed by atoms with Gasteiger partial charge in [-0.25, -0.2) is 4.79 Å². The van der Waals surface area contributed by atoms with Crippen molar-refractivity contribution < 1.29 is 9.53 Å². The Morgan fingerprint density at radius 2 is 2.07 bits per heavy atom. The average Bonchev–Trinajstić information content (AvgIpc) is 2.18. The maximum atomic E-state index is 10.9. The molecule has 6 nitrogen and oxygen atoms in total. The van der Waals surface area contributed by atoms with E-state index in [1.807, 2.05) is 12.1 Å². The van der Waals surface area contributed by atoms with Crippen molar-refractivity contribution in [3.8, 4) is 0 Å². The van der Waals surface area contributed by atoms with Crippen LogP contribution in [-0.2, 0) is 11.2 Å². The van der Waals surface area contributed by atoms with Crippen LogP contribution >= 0.6 is 0 Å². The fourth-order valence-electron chi connectivity index (χ4n) is 0.943. The predicted octanol–water partition coefficient (Wildman–Crippen LogP) is 0.0341. The standard InChI is InChI=1S/C9H12N4O2/c10-8(11)13-9(14)15-6-3-7-1-4-12-5-2-7/h1-2,4-5H,3,6H2,(H4,10,11,13,14). The van der Waals surface area contributed by atoms with Crippen LogP contribution in [0.2, 0.25) is 0 Å². The van der Waals surface area contributed by atoms with Crippen LogP contribution in [0.3, 0.4) is 0 Å². The molecule has 0 unspecified atom stereocenters. The van der Waals surface area contributed by atoms with E-state index in [9.17, 15) is 4.79 Å². The molecule has 6 heteroatoms. The van der Waals surface area contributed by atoms with Crippen LogP contribution < -0.4 is 11.5 Å². The molecular weight excluding hydrogens is 196 g/mol. The molecule has 0 radical (unpaired) electrons. The van der Waals surface area contributed by atoms with Crippen molar-refractivity contribution >= 4 is 12.1 Å². The van der Waals surface area contributed by atoms with Gasteiger partial charge in [-0.05, 0) is 17.7 Å². The van der Waals surface area contributed by atoms with Gasteiger partial charge >= 0.3 is 6.09 Å². The van der Waals surface area contributed by atoms with Crippen LogP contribution in [0.15, 0.2) is 29.5 Å². The maximum Gasteiger partial charge on any atom is 0.436 e. The number of carbonyl (C=O) groups excluding carboxylic acids is 1. The number of hydrogen-bond donors (Lipinski definition) is 2. The minimum absolute atomic E-state index is 0.236. The number of guanidine groups is 1. The molecule has 0 aliphatic carbocycles. The summed E-state index contributed by atoms with van der Waals surface area (Å²) in [6.07, 6.45) is 3.18. The number of aliphatic imine (C=N–C) groups is 1. The average molecular weight is 208 g/mol. The van der Waals surface area contributed by atoms with Crippen LogP contribution in [0.4, 0.5) is 4.79 Å². The Labute approximate surface area is 87.0 Å². The number of nitrogens with two attached hydrogens (primary N) is 2. The minimum Gasteiger partial charge on any atom is -0.447 e. The molecule has 1 aromatic heterocycles. The minimum atomic E-state index is -0.774. The molecular formula is C9H12N4O2. The van der Waals surface area contributed by atoms with Gasteiger partial charge < -0.3 is 16.2 Å². The van der Waals surface area contributed by atoms with E-state index < -0.39 is 6.09 Å². The first-order valence-electron chi connectivity index (χ1n) is 4.34. The SMILES string of the molecule is NC(N)=NC(=O)OCCc1ccncc1. The fraction of sp³-hybridized carbons (Fsp3) is 0.222. The lowest BCUT2D eigenvalue weighted by atomic mass is 10.2. The lowest BCUT2D eigenvalue weighted by molar-refractivity contribution is 0.158. The number of rotatable bonds is 3. The fourth-order valence-corrected chi connectivity index (χ4v) is 0.943. The van der Waals surface area contributed by atoms with E-state index >= 15 is 0 Å². The highest BCUT2D eigenvalue weighted by Crippen LogP contribution is 1.98. The van der Waals surface area contributed by atoms with Gasteiger partial charge in [0.25, 0.3) is 0 Å². The molecule has 0 aliphatic rings. The molecule has 80 valence electrons. The third-order valence-electron chi connectivity index (χ3n) is 1.59. The second kappa shape index (κ2) is 5.58. The zero-order chi connectivity index (χ0) is 11.1. The highest BCUT2D eigenvalue weighted by molar-refractivity contribution is 5.87. The smallest absolute Gasteiger partial charge is 0.436 e. The van der Waals surface area contributed by atoms with Crippen molar-refractivity contribution in [3.63, 3.8) is 0 Å². The molecule has 0 saturated heterocycles. The summed E-state index contributed by atoms with van der Waals surface area (Å²) in [6, 6.07) is 3.68. The van der Waals surface area contributed by atoms with E-state index in [1.54, 1.807) is 12.4 Å². The molecule has 1 aromatic rings. The van der Waals surface area contributed by atoms with Gasteiger partial charge in [-0.2, -0.15) is 0 Å². The molecule has 0 atom stereocenters. The number of pyridine rings is 1.